The number of aromatic nitrogens is 4. The number of para-hydroxylation sites is 2. The van der Waals surface area contributed by atoms with E-state index in [0.717, 1.165) is 27.0 Å². The minimum absolute atomic E-state index is 0.102. The van der Waals surface area contributed by atoms with Crippen molar-refractivity contribution in [1.29, 1.82) is 0 Å². The number of H-pyrrole nitrogens is 1. The quantitative estimate of drug-likeness (QED) is 0.274. The van der Waals surface area contributed by atoms with Crippen LogP contribution in [-0.2, 0) is 11.3 Å². The number of benzene rings is 2. The molecule has 3 N–H and O–H groups in total. The number of nitrogens with one attached hydrogen (secondary N) is 1. The van der Waals surface area contributed by atoms with Crippen LogP contribution in [0.1, 0.15) is 10.4 Å². The molecule has 2 aromatic carbocycles. The van der Waals surface area contributed by atoms with E-state index in [9.17, 15) is 14.4 Å². The van der Waals surface area contributed by atoms with Crippen LogP contribution in [0, 0.1) is 0 Å². The summed E-state index contributed by atoms with van der Waals surface area (Å²) in [4.78, 5) is 44.3. The van der Waals surface area contributed by atoms with Crippen molar-refractivity contribution in [2.45, 2.75) is 11.7 Å². The molecule has 176 valence electrons. The van der Waals surface area contributed by atoms with Crippen LogP contribution in [-0.4, -0.2) is 51.5 Å². The number of hydrogen-bond donors (Lipinski definition) is 2. The Labute approximate surface area is 198 Å². The van der Waals surface area contributed by atoms with Crippen LogP contribution in [0.25, 0.3) is 16.7 Å². The lowest BCUT2D eigenvalue weighted by Gasteiger charge is -2.12. The van der Waals surface area contributed by atoms with Gasteiger partial charge < -0.3 is 15.2 Å². The fourth-order valence-corrected chi connectivity index (χ4v) is 4.45. The number of rotatable bonds is 9. The molecule has 4 aromatic rings. The number of aromatic amines is 1. The Kier molecular flexibility index (Phi) is 6.85. The molecule has 0 spiro atoms. The number of fused-ring (bicyclic) bond motifs is 1. The van der Waals surface area contributed by atoms with Crippen molar-refractivity contribution < 1.29 is 14.3 Å². The van der Waals surface area contributed by atoms with Crippen molar-refractivity contribution >= 4 is 34.4 Å². The summed E-state index contributed by atoms with van der Waals surface area (Å²) in [5.41, 5.74) is 6.75. The topological polar surface area (TPSA) is 134 Å². The average Bonchev–Trinajstić information content (AvgIpc) is 3.21. The SMILES string of the molecule is COCCn1c(N)c(C(=O)CSc2nc3ccccc3n2-c2ccc(OC)cc2)c(=O)[nH]c1=O. The van der Waals surface area contributed by atoms with Gasteiger partial charge in [0.25, 0.3) is 5.56 Å². The van der Waals surface area contributed by atoms with Crippen LogP contribution in [0.15, 0.2) is 63.3 Å². The number of nitrogen functional groups attached to an aromatic ring is 1. The highest BCUT2D eigenvalue weighted by Crippen LogP contribution is 2.29. The molecule has 0 aliphatic rings. The number of nitrogens with two attached hydrogens (primary N) is 1. The Balaban J connectivity index is 1.68. The van der Waals surface area contributed by atoms with Crippen LogP contribution < -0.4 is 21.7 Å². The van der Waals surface area contributed by atoms with E-state index in [1.807, 2.05) is 53.1 Å². The van der Waals surface area contributed by atoms with E-state index < -0.39 is 17.0 Å². The Morgan fingerprint density at radius 1 is 1.12 bits per heavy atom. The van der Waals surface area contributed by atoms with Gasteiger partial charge in [-0.15, -0.1) is 0 Å². The van der Waals surface area contributed by atoms with Crippen LogP contribution in [0.3, 0.4) is 0 Å². The summed E-state index contributed by atoms with van der Waals surface area (Å²) in [7, 11) is 3.07. The van der Waals surface area contributed by atoms with E-state index in [1.54, 1.807) is 7.11 Å². The monoisotopic (exact) mass is 481 g/mol. The van der Waals surface area contributed by atoms with E-state index in [1.165, 1.54) is 18.9 Å². The maximum absolute atomic E-state index is 13.0. The van der Waals surface area contributed by atoms with Crippen molar-refractivity contribution in [2.75, 3.05) is 32.3 Å². The molecular weight excluding hydrogens is 458 g/mol. The number of imidazole rings is 1. The van der Waals surface area contributed by atoms with Gasteiger partial charge in [0.05, 0.1) is 37.0 Å². The molecule has 0 unspecified atom stereocenters. The third-order valence-electron chi connectivity index (χ3n) is 5.23. The number of ether oxygens (including phenoxy) is 2. The number of methoxy groups -OCH3 is 2. The second-order valence-electron chi connectivity index (χ2n) is 7.29. The molecule has 0 atom stereocenters. The van der Waals surface area contributed by atoms with Crippen molar-refractivity contribution in [3.8, 4) is 11.4 Å². The molecule has 0 saturated heterocycles. The predicted octanol–water partition coefficient (Wildman–Crippen LogP) is 2.09. The van der Waals surface area contributed by atoms with Crippen LogP contribution >= 0.6 is 11.8 Å². The highest BCUT2D eigenvalue weighted by atomic mass is 32.2. The van der Waals surface area contributed by atoms with Crippen LogP contribution in [0.4, 0.5) is 5.82 Å². The molecule has 10 nitrogen and oxygen atoms in total. The van der Waals surface area contributed by atoms with Crippen molar-refractivity contribution in [1.82, 2.24) is 19.1 Å². The molecule has 34 heavy (non-hydrogen) atoms. The number of anilines is 1. The number of ketones is 1. The van der Waals surface area contributed by atoms with E-state index in [-0.39, 0.29) is 30.3 Å². The number of carbonyl (C=O) groups excluding carboxylic acids is 1. The van der Waals surface area contributed by atoms with Gasteiger partial charge in [-0.3, -0.25) is 23.7 Å². The first-order chi connectivity index (χ1) is 16.4. The Hall–Kier alpha value is -3.83. The molecule has 0 aliphatic carbocycles. The van der Waals surface area contributed by atoms with E-state index in [4.69, 9.17) is 15.2 Å². The Morgan fingerprint density at radius 2 is 1.85 bits per heavy atom. The number of nitrogens with zero attached hydrogens (tertiary/aromatic N) is 3. The molecule has 0 amide bonds. The van der Waals surface area contributed by atoms with Gasteiger partial charge in [-0.25, -0.2) is 9.78 Å². The zero-order chi connectivity index (χ0) is 24.2. The van der Waals surface area contributed by atoms with Gasteiger partial charge in [-0.1, -0.05) is 23.9 Å². The van der Waals surface area contributed by atoms with E-state index in [2.05, 4.69) is 9.97 Å². The Morgan fingerprint density at radius 3 is 2.56 bits per heavy atom. The average molecular weight is 482 g/mol. The summed E-state index contributed by atoms with van der Waals surface area (Å²) in [5.74, 6) is -0.0749. The smallest absolute Gasteiger partial charge is 0.330 e. The summed E-state index contributed by atoms with van der Waals surface area (Å²) >= 11 is 1.18. The zero-order valence-corrected chi connectivity index (χ0v) is 19.4. The maximum Gasteiger partial charge on any atom is 0.330 e. The fraction of sp³-hybridized carbons (Fsp3) is 0.217. The number of carbonyl (C=O) groups is 1. The predicted molar refractivity (Wildman–Crippen MR) is 130 cm³/mol. The highest BCUT2D eigenvalue weighted by Gasteiger charge is 2.21. The van der Waals surface area contributed by atoms with E-state index >= 15 is 0 Å². The standard InChI is InChI=1S/C23H23N5O5S/c1-32-12-11-27-20(24)19(21(30)26-22(27)31)18(29)13-34-23-25-16-5-3-4-6-17(16)28(23)14-7-9-15(33-2)10-8-14/h3-10H,11-13,24H2,1-2H3,(H,26,30,31). The van der Waals surface area contributed by atoms with Crippen LogP contribution in [0.2, 0.25) is 0 Å². The molecule has 4 rings (SSSR count). The van der Waals surface area contributed by atoms with Gasteiger partial charge in [-0.05, 0) is 36.4 Å². The first-order valence-corrected chi connectivity index (χ1v) is 11.3. The minimum Gasteiger partial charge on any atom is -0.497 e. The maximum atomic E-state index is 13.0. The second kappa shape index (κ2) is 9.98. The molecule has 0 bridgehead atoms. The normalized spacial score (nSPS) is 11.1. The lowest BCUT2D eigenvalue weighted by Crippen LogP contribution is -2.37. The molecule has 0 fully saturated rings. The minimum atomic E-state index is -0.814. The molecule has 0 saturated carbocycles. The number of thioether (sulfide) groups is 1. The second-order valence-corrected chi connectivity index (χ2v) is 8.23. The molecule has 2 aromatic heterocycles. The van der Waals surface area contributed by atoms with Crippen molar-refractivity contribution in [3.05, 3.63) is 74.9 Å². The lowest BCUT2D eigenvalue weighted by atomic mass is 10.2. The first-order valence-electron chi connectivity index (χ1n) is 10.3. The van der Waals surface area contributed by atoms with Gasteiger partial charge >= 0.3 is 5.69 Å². The van der Waals surface area contributed by atoms with E-state index in [0.29, 0.717) is 5.16 Å². The highest BCUT2D eigenvalue weighted by molar-refractivity contribution is 7.99. The van der Waals surface area contributed by atoms with Gasteiger partial charge in [0.15, 0.2) is 10.9 Å². The summed E-state index contributed by atoms with van der Waals surface area (Å²) < 4.78 is 13.3. The fourth-order valence-electron chi connectivity index (χ4n) is 3.55. The first kappa shape index (κ1) is 23.3. The van der Waals surface area contributed by atoms with Crippen LogP contribution in [0.5, 0.6) is 5.75 Å². The molecule has 0 aliphatic heterocycles. The number of hydrogen-bond acceptors (Lipinski definition) is 8. The lowest BCUT2D eigenvalue weighted by molar-refractivity contribution is 0.102. The summed E-state index contributed by atoms with van der Waals surface area (Å²) in [6.07, 6.45) is 0. The molecule has 11 heteroatoms. The third kappa shape index (κ3) is 4.47. The van der Waals surface area contributed by atoms with Crippen molar-refractivity contribution in [3.63, 3.8) is 0 Å². The Bertz CT molecular complexity index is 1460. The van der Waals surface area contributed by atoms with Gasteiger partial charge in [0.1, 0.15) is 17.1 Å². The molecule has 2 heterocycles. The summed E-state index contributed by atoms with van der Waals surface area (Å²) in [5, 5.41) is 0.572. The third-order valence-corrected chi connectivity index (χ3v) is 6.17. The molecule has 0 radical (unpaired) electrons. The number of Topliss-reactive ketones (excluding diaryl/α,β-unsaturated/α-hetero) is 1. The van der Waals surface area contributed by atoms with Crippen molar-refractivity contribution in [2.24, 2.45) is 0 Å². The summed E-state index contributed by atoms with van der Waals surface area (Å²) in [6.45, 7) is 0.309. The zero-order valence-electron chi connectivity index (χ0n) is 18.6. The molecular formula is C23H23N5O5S. The summed E-state index contributed by atoms with van der Waals surface area (Å²) in [6, 6.07) is 15.1. The van der Waals surface area contributed by atoms with Gasteiger partial charge in [0.2, 0.25) is 0 Å². The van der Waals surface area contributed by atoms with Gasteiger partial charge in [-0.2, -0.15) is 0 Å². The largest absolute Gasteiger partial charge is 0.497 e. The van der Waals surface area contributed by atoms with Gasteiger partial charge in [0, 0.05) is 12.8 Å².